The third-order valence-electron chi connectivity index (χ3n) is 5.71. The summed E-state index contributed by atoms with van der Waals surface area (Å²) in [7, 11) is 0. The first-order chi connectivity index (χ1) is 17.7. The number of alkyl halides is 3. The lowest BCUT2D eigenvalue weighted by atomic mass is 10.0. The van der Waals surface area contributed by atoms with E-state index in [0.29, 0.717) is 59.4 Å². The van der Waals surface area contributed by atoms with Gasteiger partial charge in [-0.25, -0.2) is 9.97 Å². The van der Waals surface area contributed by atoms with Gasteiger partial charge in [-0.1, -0.05) is 18.2 Å². The summed E-state index contributed by atoms with van der Waals surface area (Å²) in [6.45, 7) is 0.304. The molecular weight excluding hydrogens is 485 g/mol. The fourth-order valence-electron chi connectivity index (χ4n) is 3.81. The topological polar surface area (TPSA) is 105 Å². The highest BCUT2D eigenvalue weighted by Crippen LogP contribution is 2.32. The zero-order valence-corrected chi connectivity index (χ0v) is 19.6. The summed E-state index contributed by atoms with van der Waals surface area (Å²) >= 11 is 0. The third-order valence-corrected chi connectivity index (χ3v) is 5.71. The average Bonchev–Trinajstić information content (AvgIpc) is 2.89. The number of aromatic nitrogens is 3. The number of hydrogen-bond acceptors (Lipinski definition) is 5. The second kappa shape index (κ2) is 11.2. The predicted octanol–water partition coefficient (Wildman–Crippen LogP) is 5.44. The monoisotopic (exact) mass is 508 g/mol. The lowest BCUT2D eigenvalue weighted by Crippen LogP contribution is -2.22. The fourth-order valence-corrected chi connectivity index (χ4v) is 3.81. The molecule has 1 amide bonds. The maximum Gasteiger partial charge on any atom is 0.416 e. The molecule has 2 heterocycles. The van der Waals surface area contributed by atoms with Crippen LogP contribution in [0.3, 0.4) is 0 Å². The Balaban J connectivity index is 1.63. The minimum absolute atomic E-state index is 0.00211. The summed E-state index contributed by atoms with van der Waals surface area (Å²) < 4.78 is 39.1. The van der Waals surface area contributed by atoms with Gasteiger partial charge < -0.3 is 10.4 Å². The Morgan fingerprint density at radius 2 is 1.73 bits per heavy atom. The molecule has 0 aliphatic rings. The van der Waals surface area contributed by atoms with E-state index in [9.17, 15) is 22.8 Å². The number of fused-ring (bicyclic) bond motifs is 1. The number of aryl methyl sites for hydroxylation is 1. The number of carbonyl (C=O) groups is 2. The molecule has 37 heavy (non-hydrogen) atoms. The van der Waals surface area contributed by atoms with Gasteiger partial charge in [0.25, 0.3) is 5.91 Å². The Bertz CT molecular complexity index is 1410. The van der Waals surface area contributed by atoms with Gasteiger partial charge in [-0.3, -0.25) is 14.6 Å². The number of benzene rings is 2. The molecule has 0 spiro atoms. The van der Waals surface area contributed by atoms with Crippen LogP contribution in [0.4, 0.5) is 13.2 Å². The Morgan fingerprint density at radius 3 is 2.41 bits per heavy atom. The van der Waals surface area contributed by atoms with E-state index in [1.165, 1.54) is 12.1 Å². The van der Waals surface area contributed by atoms with Crippen LogP contribution in [0.2, 0.25) is 0 Å². The second-order valence-electron chi connectivity index (χ2n) is 8.44. The van der Waals surface area contributed by atoms with Crippen molar-refractivity contribution in [2.24, 2.45) is 0 Å². The lowest BCUT2D eigenvalue weighted by Gasteiger charge is -2.12. The number of halogens is 3. The van der Waals surface area contributed by atoms with E-state index in [4.69, 9.17) is 5.11 Å². The highest BCUT2D eigenvalue weighted by Gasteiger charge is 2.30. The number of hydrogen-bond donors (Lipinski definition) is 2. The number of amides is 1. The van der Waals surface area contributed by atoms with Crippen molar-refractivity contribution in [3.8, 4) is 11.3 Å². The van der Waals surface area contributed by atoms with E-state index in [2.05, 4.69) is 20.3 Å². The Labute approximate surface area is 210 Å². The summed E-state index contributed by atoms with van der Waals surface area (Å²) in [5.41, 5.74) is 2.80. The van der Waals surface area contributed by atoms with E-state index in [0.717, 1.165) is 17.7 Å². The quantitative estimate of drug-likeness (QED) is 0.292. The number of pyridine rings is 1. The van der Waals surface area contributed by atoms with E-state index in [1.807, 2.05) is 6.07 Å². The number of nitrogens with one attached hydrogen (secondary N) is 1. The smallest absolute Gasteiger partial charge is 0.416 e. The van der Waals surface area contributed by atoms with Crippen LogP contribution >= 0.6 is 0 Å². The summed E-state index contributed by atoms with van der Waals surface area (Å²) in [4.78, 5) is 36.9. The molecule has 0 radical (unpaired) electrons. The molecule has 0 atom stereocenters. The second-order valence-corrected chi connectivity index (χ2v) is 8.44. The van der Waals surface area contributed by atoms with Gasteiger partial charge in [0, 0.05) is 36.5 Å². The van der Waals surface area contributed by atoms with Crippen LogP contribution in [0.5, 0.6) is 0 Å². The van der Waals surface area contributed by atoms with Gasteiger partial charge in [0.1, 0.15) is 0 Å². The van der Waals surface area contributed by atoms with Gasteiger partial charge in [0.15, 0.2) is 0 Å². The molecule has 2 aromatic carbocycles. The summed E-state index contributed by atoms with van der Waals surface area (Å²) in [5, 5.41) is 11.7. The maximum atomic E-state index is 13.0. The minimum atomic E-state index is -4.46. The molecule has 0 fully saturated rings. The summed E-state index contributed by atoms with van der Waals surface area (Å²) in [6.07, 6.45) is 0.143. The summed E-state index contributed by atoms with van der Waals surface area (Å²) in [5.74, 6) is -1.21. The van der Waals surface area contributed by atoms with Crippen LogP contribution in [-0.4, -0.2) is 31.9 Å². The molecule has 0 unspecified atom stereocenters. The fraction of sp³-hybridized carbons (Fsp3) is 0.222. The SMILES string of the molecule is O=C(O)CCCCc1nc2cc(C(=O)NCc3cccnc3)ccc2nc1-c1ccc(C(F)(F)F)cc1. The standard InChI is InChI=1S/C27H23F3N4O3/c28-27(29,30)20-10-7-18(8-11-20)25-22(5-1-2-6-24(35)36)33-23-14-19(9-12-21(23)34-25)26(37)32-16-17-4-3-13-31-15-17/h3-4,7-15H,1-2,5-6,16H2,(H,32,37)(H,35,36). The van der Waals surface area contributed by atoms with E-state index >= 15 is 0 Å². The number of unbranched alkanes of at least 4 members (excludes halogenated alkanes) is 1. The van der Waals surface area contributed by atoms with Crippen molar-refractivity contribution in [3.63, 3.8) is 0 Å². The molecule has 0 aliphatic carbocycles. The molecule has 4 aromatic rings. The van der Waals surface area contributed by atoms with Crippen molar-refractivity contribution in [3.05, 3.63) is 89.4 Å². The van der Waals surface area contributed by atoms with Crippen molar-refractivity contribution in [1.29, 1.82) is 0 Å². The number of aliphatic carboxylic acids is 1. The zero-order chi connectivity index (χ0) is 26.4. The Morgan fingerprint density at radius 1 is 0.946 bits per heavy atom. The van der Waals surface area contributed by atoms with Crippen molar-refractivity contribution >= 4 is 22.9 Å². The number of carbonyl (C=O) groups excluding carboxylic acids is 1. The molecule has 2 aromatic heterocycles. The minimum Gasteiger partial charge on any atom is -0.481 e. The number of carboxylic acids is 1. The first kappa shape index (κ1) is 25.7. The molecule has 7 nitrogen and oxygen atoms in total. The van der Waals surface area contributed by atoms with Gasteiger partial charge >= 0.3 is 12.1 Å². The van der Waals surface area contributed by atoms with Crippen LogP contribution in [0.1, 0.15) is 46.4 Å². The van der Waals surface area contributed by atoms with Crippen molar-refractivity contribution in [2.45, 2.75) is 38.4 Å². The normalized spacial score (nSPS) is 11.4. The van der Waals surface area contributed by atoms with E-state index < -0.39 is 17.7 Å². The molecule has 190 valence electrons. The van der Waals surface area contributed by atoms with E-state index in [1.54, 1.807) is 36.7 Å². The Kier molecular flexibility index (Phi) is 7.76. The zero-order valence-electron chi connectivity index (χ0n) is 19.6. The molecule has 0 aliphatic heterocycles. The molecule has 0 saturated heterocycles. The molecule has 0 bridgehead atoms. The predicted molar refractivity (Wildman–Crippen MR) is 131 cm³/mol. The highest BCUT2D eigenvalue weighted by molar-refractivity contribution is 5.97. The van der Waals surface area contributed by atoms with Crippen molar-refractivity contribution < 1.29 is 27.9 Å². The van der Waals surface area contributed by atoms with Crippen LogP contribution in [0.15, 0.2) is 67.0 Å². The molecular formula is C27H23F3N4O3. The van der Waals surface area contributed by atoms with Crippen molar-refractivity contribution in [2.75, 3.05) is 0 Å². The average molecular weight is 509 g/mol. The first-order valence-electron chi connectivity index (χ1n) is 11.6. The van der Waals surface area contributed by atoms with Crippen LogP contribution in [-0.2, 0) is 23.9 Å². The van der Waals surface area contributed by atoms with Gasteiger partial charge in [-0.15, -0.1) is 0 Å². The van der Waals surface area contributed by atoms with Gasteiger partial charge in [-0.2, -0.15) is 13.2 Å². The Hall–Kier alpha value is -4.34. The van der Waals surface area contributed by atoms with Crippen LogP contribution in [0, 0.1) is 0 Å². The number of rotatable bonds is 9. The highest BCUT2D eigenvalue weighted by atomic mass is 19.4. The maximum absolute atomic E-state index is 13.0. The lowest BCUT2D eigenvalue weighted by molar-refractivity contribution is -0.138. The molecule has 10 heteroatoms. The number of carboxylic acid groups (broad SMARTS) is 1. The largest absolute Gasteiger partial charge is 0.481 e. The number of nitrogens with zero attached hydrogens (tertiary/aromatic N) is 3. The van der Waals surface area contributed by atoms with Crippen LogP contribution in [0.25, 0.3) is 22.3 Å². The van der Waals surface area contributed by atoms with Crippen molar-refractivity contribution in [1.82, 2.24) is 20.3 Å². The summed E-state index contributed by atoms with van der Waals surface area (Å²) in [6, 6.07) is 13.2. The van der Waals surface area contributed by atoms with Gasteiger partial charge in [0.05, 0.1) is 28.0 Å². The molecule has 0 saturated carbocycles. The molecule has 4 rings (SSSR count). The first-order valence-corrected chi connectivity index (χ1v) is 11.6. The van der Waals surface area contributed by atoms with Gasteiger partial charge in [-0.05, 0) is 61.2 Å². The van der Waals surface area contributed by atoms with Crippen LogP contribution < -0.4 is 5.32 Å². The van der Waals surface area contributed by atoms with Gasteiger partial charge in [0.2, 0.25) is 0 Å². The molecule has 2 N–H and O–H groups in total. The van der Waals surface area contributed by atoms with E-state index in [-0.39, 0.29) is 12.3 Å². The third kappa shape index (κ3) is 6.66.